The van der Waals surface area contributed by atoms with Crippen molar-refractivity contribution >= 4 is 47.4 Å². The van der Waals surface area contributed by atoms with E-state index in [1.54, 1.807) is 34.9 Å². The number of carboxylic acids is 1. The molecule has 0 saturated heterocycles. The van der Waals surface area contributed by atoms with Gasteiger partial charge in [-0.2, -0.15) is 0 Å². The lowest BCUT2D eigenvalue weighted by Crippen LogP contribution is -2.53. The van der Waals surface area contributed by atoms with Gasteiger partial charge in [-0.15, -0.1) is 0 Å². The van der Waals surface area contributed by atoms with E-state index in [-0.39, 0.29) is 50.9 Å². The summed E-state index contributed by atoms with van der Waals surface area (Å²) in [5.41, 5.74) is -0.894. The molecule has 5 N–H and O–H groups in total. The summed E-state index contributed by atoms with van der Waals surface area (Å²) in [6.07, 6.45) is 0.254. The zero-order valence-corrected chi connectivity index (χ0v) is 23.7. The zero-order valence-electron chi connectivity index (χ0n) is 23.7. The largest absolute Gasteiger partial charge is 0.480 e. The minimum absolute atomic E-state index is 0.0590. The van der Waals surface area contributed by atoms with Crippen LogP contribution in [0.4, 0.5) is 0 Å². The lowest BCUT2D eigenvalue weighted by Gasteiger charge is -2.26. The molecule has 0 unspecified atom stereocenters. The quantitative estimate of drug-likeness (QED) is 0.0784. The molecule has 0 aromatic heterocycles. The molecule has 0 heterocycles. The number of nitrogens with one attached hydrogen (secondary N) is 4. The normalized spacial score (nSPS) is 13.2. The molecule has 0 rings (SSSR count). The number of carbonyl (C=O) groups excluding carboxylic acids is 6. The second-order valence-corrected chi connectivity index (χ2v) is 10.3. The Balaban J connectivity index is 5.60. The van der Waals surface area contributed by atoms with E-state index in [0.717, 1.165) is 6.08 Å². The van der Waals surface area contributed by atoms with Gasteiger partial charge < -0.3 is 36.1 Å². The van der Waals surface area contributed by atoms with Gasteiger partial charge in [0.15, 0.2) is 11.6 Å². The highest BCUT2D eigenvalue weighted by Crippen LogP contribution is 2.12. The van der Waals surface area contributed by atoms with Gasteiger partial charge in [-0.1, -0.05) is 6.58 Å². The number of likely N-dealkylation sites (N-methyl/N-ethyl adjacent to an activating group) is 1. The summed E-state index contributed by atoms with van der Waals surface area (Å²) in [6.45, 7) is 8.18. The number of ether oxygens (including phenoxy) is 1. The SMILES string of the molecule is C=CC(=O)CC[C@H](NC(=O)[C@H](CCC(=O)C=N)NC(=O)CC[C@H](NC(=O)CN(C)C)C(=O)O)C(=O)OC(C)(C)C. The number of hydrogen-bond acceptors (Lipinski definition) is 10. The number of ketones is 2. The topological polar surface area (TPSA) is 212 Å². The van der Waals surface area contributed by atoms with Crippen molar-refractivity contribution in [1.82, 2.24) is 20.9 Å². The van der Waals surface area contributed by atoms with E-state index in [9.17, 15) is 38.7 Å². The number of rotatable bonds is 19. The van der Waals surface area contributed by atoms with E-state index in [0.29, 0.717) is 6.21 Å². The average Bonchev–Trinajstić information content (AvgIpc) is 2.84. The Morgan fingerprint density at radius 1 is 0.850 bits per heavy atom. The van der Waals surface area contributed by atoms with E-state index in [2.05, 4.69) is 22.5 Å². The number of allylic oxidation sites excluding steroid dienone is 1. The van der Waals surface area contributed by atoms with Crippen LogP contribution in [0.1, 0.15) is 59.3 Å². The number of carbonyl (C=O) groups is 7. The Kier molecular flexibility index (Phi) is 15.9. The summed E-state index contributed by atoms with van der Waals surface area (Å²) in [5.74, 6) is -5.27. The minimum atomic E-state index is -1.36. The molecular formula is C26H41N5O9. The molecule has 40 heavy (non-hydrogen) atoms. The fourth-order valence-corrected chi connectivity index (χ4v) is 3.24. The van der Waals surface area contributed by atoms with E-state index in [1.807, 2.05) is 0 Å². The monoisotopic (exact) mass is 567 g/mol. The standard InChI is InChI=1S/C26H41N5O9/c1-7-16(32)8-11-20(25(39)40-26(2,3)4)30-23(36)18(10-9-17(33)14-27)28-21(34)13-12-19(24(37)38)29-22(35)15-31(5)6/h7,14,18-20,27H,1,8-13,15H2,2-6H3,(H,28,34)(H,29,35)(H,30,36)(H,37,38)/t18-,19-,20-/m0/s1. The van der Waals surface area contributed by atoms with Crippen LogP contribution in [0.25, 0.3) is 0 Å². The van der Waals surface area contributed by atoms with Crippen LogP contribution in [0.5, 0.6) is 0 Å². The molecule has 14 heteroatoms. The van der Waals surface area contributed by atoms with Gasteiger partial charge in [-0.05, 0) is 60.2 Å². The van der Waals surface area contributed by atoms with Gasteiger partial charge in [0.05, 0.1) is 12.8 Å². The fraction of sp³-hybridized carbons (Fsp3) is 0.615. The van der Waals surface area contributed by atoms with Crippen molar-refractivity contribution in [1.29, 1.82) is 5.41 Å². The number of Topliss-reactive ketones (excluding diaryl/α,β-unsaturated/α-hetero) is 1. The Labute approximate surface area is 233 Å². The molecule has 0 fully saturated rings. The molecule has 0 radical (unpaired) electrons. The van der Waals surface area contributed by atoms with Gasteiger partial charge in [0.2, 0.25) is 17.7 Å². The number of aliphatic carboxylic acids is 1. The van der Waals surface area contributed by atoms with Gasteiger partial charge in [0.25, 0.3) is 0 Å². The molecule has 0 aromatic carbocycles. The first-order valence-electron chi connectivity index (χ1n) is 12.7. The molecule has 0 spiro atoms. The summed E-state index contributed by atoms with van der Waals surface area (Å²) < 4.78 is 5.33. The second kappa shape index (κ2) is 17.6. The Hall–Kier alpha value is -3.94. The number of carboxylic acid groups (broad SMARTS) is 1. The van der Waals surface area contributed by atoms with Gasteiger partial charge in [0.1, 0.15) is 23.7 Å². The molecule has 224 valence electrons. The predicted molar refractivity (Wildman–Crippen MR) is 145 cm³/mol. The summed E-state index contributed by atoms with van der Waals surface area (Å²) in [5, 5.41) is 23.6. The summed E-state index contributed by atoms with van der Waals surface area (Å²) in [7, 11) is 3.25. The first kappa shape index (κ1) is 36.1. The van der Waals surface area contributed by atoms with Crippen LogP contribution in [0.3, 0.4) is 0 Å². The summed E-state index contributed by atoms with van der Waals surface area (Å²) >= 11 is 0. The van der Waals surface area contributed by atoms with Gasteiger partial charge in [-0.3, -0.25) is 24.0 Å². The predicted octanol–water partition coefficient (Wildman–Crippen LogP) is -0.257. The third-order valence-corrected chi connectivity index (χ3v) is 5.16. The summed E-state index contributed by atoms with van der Waals surface area (Å²) in [4.78, 5) is 86.9. The van der Waals surface area contributed by atoms with E-state index in [1.165, 1.54) is 4.90 Å². The summed E-state index contributed by atoms with van der Waals surface area (Å²) in [6, 6.07) is -3.94. The Morgan fingerprint density at radius 2 is 1.38 bits per heavy atom. The number of esters is 1. The van der Waals surface area contributed by atoms with Crippen molar-refractivity contribution in [2.75, 3.05) is 20.6 Å². The molecule has 3 atom stereocenters. The van der Waals surface area contributed by atoms with Gasteiger partial charge in [-0.25, -0.2) is 9.59 Å². The highest BCUT2D eigenvalue weighted by molar-refractivity contribution is 6.26. The lowest BCUT2D eigenvalue weighted by atomic mass is 10.0. The highest BCUT2D eigenvalue weighted by Gasteiger charge is 2.31. The van der Waals surface area contributed by atoms with E-state index in [4.69, 9.17) is 10.1 Å². The Bertz CT molecular complexity index is 972. The van der Waals surface area contributed by atoms with Crippen LogP contribution in [0.2, 0.25) is 0 Å². The highest BCUT2D eigenvalue weighted by atomic mass is 16.6. The molecule has 0 saturated carbocycles. The van der Waals surface area contributed by atoms with Crippen LogP contribution in [0.15, 0.2) is 12.7 Å². The molecule has 0 aliphatic heterocycles. The lowest BCUT2D eigenvalue weighted by molar-refractivity contribution is -0.159. The van der Waals surface area contributed by atoms with Crippen LogP contribution in [0, 0.1) is 5.41 Å². The van der Waals surface area contributed by atoms with Crippen molar-refractivity contribution in [3.05, 3.63) is 12.7 Å². The molecule has 0 aromatic rings. The number of amides is 3. The molecule has 14 nitrogen and oxygen atoms in total. The van der Waals surface area contributed by atoms with E-state index >= 15 is 0 Å². The minimum Gasteiger partial charge on any atom is -0.480 e. The molecule has 0 bridgehead atoms. The molecule has 0 aliphatic carbocycles. The van der Waals surface area contributed by atoms with Crippen LogP contribution < -0.4 is 16.0 Å². The Morgan fingerprint density at radius 3 is 1.88 bits per heavy atom. The molecular weight excluding hydrogens is 526 g/mol. The second-order valence-electron chi connectivity index (χ2n) is 10.3. The third-order valence-electron chi connectivity index (χ3n) is 5.16. The number of hydrogen-bond donors (Lipinski definition) is 5. The van der Waals surface area contributed by atoms with Crippen molar-refractivity contribution in [2.45, 2.75) is 83.0 Å². The van der Waals surface area contributed by atoms with E-state index < -0.39 is 59.2 Å². The smallest absolute Gasteiger partial charge is 0.329 e. The maximum Gasteiger partial charge on any atom is 0.329 e. The third kappa shape index (κ3) is 16.1. The number of nitrogens with zero attached hydrogens (tertiary/aromatic N) is 1. The van der Waals surface area contributed by atoms with Crippen LogP contribution in [-0.4, -0.2) is 102 Å². The van der Waals surface area contributed by atoms with Gasteiger partial charge in [0, 0.05) is 19.3 Å². The van der Waals surface area contributed by atoms with Crippen molar-refractivity contribution < 1.29 is 43.4 Å². The van der Waals surface area contributed by atoms with Crippen molar-refractivity contribution in [3.63, 3.8) is 0 Å². The maximum absolute atomic E-state index is 13.1. The average molecular weight is 568 g/mol. The first-order valence-corrected chi connectivity index (χ1v) is 12.7. The van der Waals surface area contributed by atoms with Gasteiger partial charge >= 0.3 is 11.9 Å². The van der Waals surface area contributed by atoms with Crippen molar-refractivity contribution in [3.8, 4) is 0 Å². The van der Waals surface area contributed by atoms with Crippen LogP contribution in [-0.2, 0) is 38.3 Å². The first-order chi connectivity index (χ1) is 18.5. The maximum atomic E-state index is 13.1. The van der Waals surface area contributed by atoms with Crippen molar-refractivity contribution in [2.24, 2.45) is 0 Å². The molecule has 3 amide bonds. The zero-order chi connectivity index (χ0) is 31.0. The fourth-order valence-electron chi connectivity index (χ4n) is 3.24. The van der Waals surface area contributed by atoms with Crippen LogP contribution >= 0.6 is 0 Å². The molecule has 0 aliphatic rings.